The van der Waals surface area contributed by atoms with Crippen LogP contribution >= 0.6 is 0 Å². The Balaban J connectivity index is 1.70. The fourth-order valence-electron chi connectivity index (χ4n) is 1.84. The molecule has 0 aromatic heterocycles. The molecular formula is C12H15In2N3O12. The van der Waals surface area contributed by atoms with Crippen LogP contribution in [0.2, 0.25) is 0 Å². The molecule has 0 unspecified atom stereocenters. The summed E-state index contributed by atoms with van der Waals surface area (Å²) < 4.78 is 29.0. The summed E-state index contributed by atoms with van der Waals surface area (Å²) in [5, 5.41) is 7.34. The van der Waals surface area contributed by atoms with E-state index in [1.165, 1.54) is 0 Å². The third-order valence-corrected chi connectivity index (χ3v) is 10.8. The van der Waals surface area contributed by atoms with E-state index in [1.807, 2.05) is 0 Å². The molecule has 2 heterocycles. The Morgan fingerprint density at radius 2 is 1.03 bits per heavy atom. The molecule has 156 valence electrons. The van der Waals surface area contributed by atoms with Crippen LogP contribution in [0, 0.1) is 0 Å². The van der Waals surface area contributed by atoms with Crippen molar-refractivity contribution in [2.24, 2.45) is 0 Å². The van der Waals surface area contributed by atoms with Crippen molar-refractivity contribution in [2.75, 3.05) is 39.3 Å². The molecule has 17 heteroatoms. The zero-order valence-corrected chi connectivity index (χ0v) is 21.4. The molecule has 2 aliphatic heterocycles. The van der Waals surface area contributed by atoms with Crippen molar-refractivity contribution < 1.29 is 45.9 Å². The third kappa shape index (κ3) is 9.66. The van der Waals surface area contributed by atoms with Gasteiger partial charge in [0.2, 0.25) is 0 Å². The van der Waals surface area contributed by atoms with Crippen LogP contribution in [0.3, 0.4) is 0 Å². The summed E-state index contributed by atoms with van der Waals surface area (Å²) in [5.74, 6) is -4.68. The average Bonchev–Trinajstić information content (AvgIpc) is 2.58. The molecule has 3 N–H and O–H groups in total. The predicted octanol–water partition coefficient (Wildman–Crippen LogP) is -4.99. The monoisotopic (exact) mass is 623 g/mol. The molecule has 0 radical (unpaired) electrons. The molecule has 0 aromatic rings. The van der Waals surface area contributed by atoms with Gasteiger partial charge >= 0.3 is 182 Å². The molecule has 0 aliphatic carbocycles. The number of hydrogen-bond donors (Lipinski definition) is 3. The van der Waals surface area contributed by atoms with E-state index in [0.29, 0.717) is 0 Å². The minimum atomic E-state index is -4.12. The van der Waals surface area contributed by atoms with E-state index in [4.69, 9.17) is 17.1 Å². The Hall–Kier alpha value is -1.56. The molecule has 15 nitrogen and oxygen atoms in total. The predicted molar refractivity (Wildman–Crippen MR) is 86.7 cm³/mol. The standard InChI is InChI=1S/3C4H7NO4.2In/c3*6-3(7)1-5-2-4(8)9;;/h3*5H,1-2H2,(H,6,7)(H,8,9);;/q;;;2*+3/p-6. The quantitative estimate of drug-likeness (QED) is 0.255. The van der Waals surface area contributed by atoms with E-state index >= 15 is 0 Å². The van der Waals surface area contributed by atoms with Gasteiger partial charge in [-0.15, -0.1) is 0 Å². The Morgan fingerprint density at radius 3 is 1.34 bits per heavy atom. The van der Waals surface area contributed by atoms with Crippen molar-refractivity contribution in [1.29, 1.82) is 0 Å². The van der Waals surface area contributed by atoms with E-state index in [-0.39, 0.29) is 26.2 Å². The van der Waals surface area contributed by atoms with E-state index < -0.39 is 94.4 Å². The van der Waals surface area contributed by atoms with Gasteiger partial charge in [-0.1, -0.05) is 0 Å². The van der Waals surface area contributed by atoms with Gasteiger partial charge < -0.3 is 0 Å². The van der Waals surface area contributed by atoms with Crippen LogP contribution in [0.15, 0.2) is 0 Å². The van der Waals surface area contributed by atoms with Gasteiger partial charge in [0.1, 0.15) is 0 Å². The van der Waals surface area contributed by atoms with Crippen LogP contribution in [-0.4, -0.2) is 121 Å². The van der Waals surface area contributed by atoms with Crippen LogP contribution in [0.1, 0.15) is 0 Å². The van der Waals surface area contributed by atoms with Gasteiger partial charge in [0.15, 0.2) is 0 Å². The zero-order chi connectivity index (χ0) is 21.2. The molecule has 2 rings (SSSR count). The number of carbonyl (C=O) groups is 6. The minimum absolute atomic E-state index is 0.220. The van der Waals surface area contributed by atoms with Gasteiger partial charge in [-0.2, -0.15) is 0 Å². The fraction of sp³-hybridized carbons (Fsp3) is 0.500. The number of nitrogens with one attached hydrogen (secondary N) is 3. The molecule has 0 amide bonds. The maximum absolute atomic E-state index is 11.7. The Morgan fingerprint density at radius 1 is 0.724 bits per heavy atom. The number of carbonyl (C=O) groups excluding carboxylic acids is 6. The van der Waals surface area contributed by atoms with E-state index in [0.717, 1.165) is 0 Å². The summed E-state index contributed by atoms with van der Waals surface area (Å²) in [7, 11) is 0. The maximum atomic E-state index is 11.7. The molecular weight excluding hydrogens is 608 g/mol. The van der Waals surface area contributed by atoms with Crippen molar-refractivity contribution in [1.82, 2.24) is 16.0 Å². The first-order chi connectivity index (χ1) is 13.8. The summed E-state index contributed by atoms with van der Waals surface area (Å²) in [5.41, 5.74) is 0. The van der Waals surface area contributed by atoms with Crippen LogP contribution in [0.4, 0.5) is 0 Å². The number of hydrogen-bond acceptors (Lipinski definition) is 15. The van der Waals surface area contributed by atoms with Crippen molar-refractivity contribution in [3.05, 3.63) is 0 Å². The summed E-state index contributed by atoms with van der Waals surface area (Å²) in [6.45, 7) is -1.85. The SMILES string of the molecule is O=C1CNCC(=O)[O][In]([O]C(=O)CNCC(=O)[O][In]2[O]C(=O)CNCC(=O)[O]2)[O]1. The van der Waals surface area contributed by atoms with Gasteiger partial charge in [0.05, 0.1) is 0 Å². The molecule has 29 heavy (non-hydrogen) atoms. The zero-order valence-electron chi connectivity index (χ0n) is 14.8. The van der Waals surface area contributed by atoms with Gasteiger partial charge in [0, 0.05) is 0 Å². The summed E-state index contributed by atoms with van der Waals surface area (Å²) in [6.07, 6.45) is 0. The second kappa shape index (κ2) is 12.2. The second-order valence-electron chi connectivity index (χ2n) is 5.33. The van der Waals surface area contributed by atoms with Crippen LogP contribution in [0.5, 0.6) is 0 Å². The van der Waals surface area contributed by atoms with Crippen molar-refractivity contribution >= 4 is 81.3 Å². The second-order valence-corrected chi connectivity index (χ2v) is 12.7. The first-order valence-electron chi connectivity index (χ1n) is 8.11. The summed E-state index contributed by atoms with van der Waals surface area (Å²) >= 11 is -8.24. The van der Waals surface area contributed by atoms with Crippen molar-refractivity contribution in [3.8, 4) is 0 Å². The van der Waals surface area contributed by atoms with Gasteiger partial charge in [-0.3, -0.25) is 0 Å². The molecule has 0 aromatic carbocycles. The Kier molecular flexibility index (Phi) is 9.98. The van der Waals surface area contributed by atoms with Crippen LogP contribution < -0.4 is 16.0 Å². The van der Waals surface area contributed by atoms with Gasteiger partial charge in [0.25, 0.3) is 0 Å². The molecule has 2 fully saturated rings. The molecule has 2 aliphatic rings. The molecule has 0 spiro atoms. The van der Waals surface area contributed by atoms with Crippen LogP contribution in [-0.2, 0) is 45.9 Å². The third-order valence-electron chi connectivity index (χ3n) is 2.98. The van der Waals surface area contributed by atoms with Crippen molar-refractivity contribution in [2.45, 2.75) is 0 Å². The topological polar surface area (TPSA) is 194 Å². The van der Waals surface area contributed by atoms with E-state index in [1.54, 1.807) is 0 Å². The molecule has 0 saturated carbocycles. The molecule has 0 bridgehead atoms. The van der Waals surface area contributed by atoms with Crippen LogP contribution in [0.25, 0.3) is 0 Å². The van der Waals surface area contributed by atoms with Crippen molar-refractivity contribution in [3.63, 3.8) is 0 Å². The van der Waals surface area contributed by atoms with Gasteiger partial charge in [-0.25, -0.2) is 0 Å². The first kappa shape index (κ1) is 23.7. The Bertz CT molecular complexity index is 597. The molecule has 2 saturated heterocycles. The van der Waals surface area contributed by atoms with E-state index in [2.05, 4.69) is 16.0 Å². The summed E-state index contributed by atoms with van der Waals surface area (Å²) in [6, 6.07) is 0. The normalized spacial score (nSPS) is 18.1. The molecule has 0 atom stereocenters. The number of rotatable bonds is 6. The Labute approximate surface area is 181 Å². The van der Waals surface area contributed by atoms with Gasteiger partial charge in [-0.05, 0) is 0 Å². The first-order valence-corrected chi connectivity index (χ1v) is 16.2. The fourth-order valence-corrected chi connectivity index (χ4v) is 7.76. The summed E-state index contributed by atoms with van der Waals surface area (Å²) in [4.78, 5) is 68.9. The van der Waals surface area contributed by atoms with E-state index in [9.17, 15) is 28.8 Å². The average molecular weight is 623 g/mol.